The van der Waals surface area contributed by atoms with Gasteiger partial charge in [0.1, 0.15) is 36.1 Å². The quantitative estimate of drug-likeness (QED) is 0.317. The zero-order valence-electron chi connectivity index (χ0n) is 17.6. The van der Waals surface area contributed by atoms with Crippen LogP contribution in [0.5, 0.6) is 0 Å². The Morgan fingerprint density at radius 2 is 2.00 bits per heavy atom. The van der Waals surface area contributed by atoms with Crippen molar-refractivity contribution in [1.82, 2.24) is 14.5 Å². The summed E-state index contributed by atoms with van der Waals surface area (Å²) >= 11 is 6.26. The first-order valence-electron chi connectivity index (χ1n) is 10.6. The van der Waals surface area contributed by atoms with E-state index >= 15 is 0 Å². The summed E-state index contributed by atoms with van der Waals surface area (Å²) in [4.78, 5) is 28.9. The molecule has 2 fully saturated rings. The van der Waals surface area contributed by atoms with Gasteiger partial charge in [-0.15, -0.1) is 0 Å². The number of hydrogen-bond donors (Lipinski definition) is 4. The fourth-order valence-electron chi connectivity index (χ4n) is 4.60. The average molecular weight is 491 g/mol. The molecule has 1 aliphatic heterocycles. The minimum Gasteiger partial charge on any atom is -0.387 e. The molecule has 1 saturated carbocycles. The van der Waals surface area contributed by atoms with Crippen LogP contribution in [0, 0.1) is 0 Å². The van der Waals surface area contributed by atoms with Crippen molar-refractivity contribution in [3.8, 4) is 0 Å². The number of ether oxygens (including phenoxy) is 2. The molecule has 3 heterocycles. The lowest BCUT2D eigenvalue weighted by molar-refractivity contribution is -0.0610. The van der Waals surface area contributed by atoms with E-state index in [0.29, 0.717) is 11.7 Å². The summed E-state index contributed by atoms with van der Waals surface area (Å²) in [7, 11) is -4.35. The molecule has 2 aromatic heterocycles. The molecule has 11 nitrogen and oxygen atoms in total. The van der Waals surface area contributed by atoms with Crippen molar-refractivity contribution >= 4 is 36.0 Å². The number of aliphatic hydroxyl groups excluding tert-OH is 2. The topological polar surface area (TPSA) is 150 Å². The molecule has 178 valence electrons. The van der Waals surface area contributed by atoms with Gasteiger partial charge >= 0.3 is 7.60 Å². The van der Waals surface area contributed by atoms with E-state index in [2.05, 4.69) is 21.8 Å². The maximum absolute atomic E-state index is 11.0. The third-order valence-corrected chi connectivity index (χ3v) is 6.74. The molecule has 0 bridgehead atoms. The first-order chi connectivity index (χ1) is 15.2. The highest BCUT2D eigenvalue weighted by molar-refractivity contribution is 7.51. The Kier molecular flexibility index (Phi) is 7.09. The molecule has 1 aliphatic carbocycles. The summed E-state index contributed by atoms with van der Waals surface area (Å²) < 4.78 is 23.3. The standard InChI is InChI=1S/C19H28ClN4O7P/c1-2-23(11-5-3-4-6-11)16-12-7-8-24(17(12)22-19(20)21-16)18-15(26)14(25)13(31-18)9-30-10-32(27,28)29/h7-8,11,13-15,18,25-26H,2-6,9-10H2,1H3,(H2,27,28,29)/t13-,14-,15-,18-/m1/s1. The summed E-state index contributed by atoms with van der Waals surface area (Å²) in [6, 6.07) is 2.21. The van der Waals surface area contributed by atoms with E-state index in [1.807, 2.05) is 6.07 Å². The van der Waals surface area contributed by atoms with Crippen molar-refractivity contribution in [3.05, 3.63) is 17.5 Å². The SMILES string of the molecule is CCN(c1nc(Cl)nc2c1ccn2[C@@H]1O[C@H](COCP(=O)(O)O)[C@@H](O)[C@H]1O)C1CCCC1. The molecule has 0 unspecified atom stereocenters. The number of nitrogens with zero attached hydrogens (tertiary/aromatic N) is 4. The van der Waals surface area contributed by atoms with Gasteiger partial charge in [0.15, 0.2) is 6.23 Å². The highest BCUT2D eigenvalue weighted by Gasteiger charge is 2.44. The predicted molar refractivity (Wildman–Crippen MR) is 117 cm³/mol. The van der Waals surface area contributed by atoms with Gasteiger partial charge in [0, 0.05) is 18.8 Å². The first-order valence-corrected chi connectivity index (χ1v) is 12.8. The Hall–Kier alpha value is -1.30. The van der Waals surface area contributed by atoms with Gasteiger partial charge in [0.05, 0.1) is 12.0 Å². The van der Waals surface area contributed by atoms with Gasteiger partial charge in [-0.25, -0.2) is 0 Å². The summed E-state index contributed by atoms with van der Waals surface area (Å²) in [5, 5.41) is 21.8. The Morgan fingerprint density at radius 3 is 2.66 bits per heavy atom. The summed E-state index contributed by atoms with van der Waals surface area (Å²) in [6.07, 6.45) is 0.863. The van der Waals surface area contributed by atoms with Crippen LogP contribution in [0.25, 0.3) is 11.0 Å². The molecule has 4 atom stereocenters. The monoisotopic (exact) mass is 490 g/mol. The minimum atomic E-state index is -4.35. The number of fused-ring (bicyclic) bond motifs is 1. The van der Waals surface area contributed by atoms with Crippen molar-refractivity contribution < 1.29 is 34.0 Å². The second kappa shape index (κ2) is 9.52. The van der Waals surface area contributed by atoms with Gasteiger partial charge < -0.3 is 38.9 Å². The van der Waals surface area contributed by atoms with Crippen molar-refractivity contribution in [3.63, 3.8) is 0 Å². The minimum absolute atomic E-state index is 0.0680. The molecular formula is C19H28ClN4O7P. The highest BCUT2D eigenvalue weighted by Crippen LogP contribution is 2.38. The fraction of sp³-hybridized carbons (Fsp3) is 0.684. The predicted octanol–water partition coefficient (Wildman–Crippen LogP) is 1.62. The van der Waals surface area contributed by atoms with Gasteiger partial charge in [0.25, 0.3) is 0 Å². The second-order valence-corrected chi connectivity index (χ2v) is 10.1. The molecule has 4 N–H and O–H groups in total. The fourth-order valence-corrected chi connectivity index (χ4v) is 5.10. The number of aromatic nitrogens is 3. The van der Waals surface area contributed by atoms with Gasteiger partial charge in [-0.1, -0.05) is 12.8 Å². The summed E-state index contributed by atoms with van der Waals surface area (Å²) in [6.45, 7) is 2.55. The number of rotatable bonds is 8. The van der Waals surface area contributed by atoms with E-state index in [1.54, 1.807) is 10.8 Å². The Morgan fingerprint density at radius 1 is 1.28 bits per heavy atom. The van der Waals surface area contributed by atoms with Crippen LogP contribution in [0.4, 0.5) is 5.82 Å². The molecule has 4 rings (SSSR count). The molecule has 13 heteroatoms. The largest absolute Gasteiger partial charge is 0.387 e. The Labute approximate surface area is 190 Å². The van der Waals surface area contributed by atoms with Crippen molar-refractivity contribution in [2.24, 2.45) is 0 Å². The maximum atomic E-state index is 11.0. The molecular weight excluding hydrogens is 463 g/mol. The zero-order valence-corrected chi connectivity index (χ0v) is 19.3. The van der Waals surface area contributed by atoms with Crippen LogP contribution in [0.15, 0.2) is 12.3 Å². The maximum Gasteiger partial charge on any atom is 0.350 e. The Bertz CT molecular complexity index is 995. The number of hydrogen-bond acceptors (Lipinski definition) is 8. The van der Waals surface area contributed by atoms with Crippen LogP contribution in [-0.2, 0) is 14.0 Å². The van der Waals surface area contributed by atoms with Gasteiger partial charge in [-0.3, -0.25) is 4.57 Å². The Balaban J connectivity index is 1.61. The van der Waals surface area contributed by atoms with E-state index in [4.69, 9.17) is 30.9 Å². The molecule has 0 amide bonds. The van der Waals surface area contributed by atoms with Gasteiger partial charge in [-0.2, -0.15) is 9.97 Å². The van der Waals surface area contributed by atoms with Gasteiger partial charge in [-0.05, 0) is 37.4 Å². The lowest BCUT2D eigenvalue weighted by atomic mass is 10.1. The van der Waals surface area contributed by atoms with Crippen LogP contribution < -0.4 is 4.90 Å². The van der Waals surface area contributed by atoms with E-state index in [-0.39, 0.29) is 11.9 Å². The van der Waals surface area contributed by atoms with E-state index in [9.17, 15) is 14.8 Å². The van der Waals surface area contributed by atoms with E-state index < -0.39 is 38.5 Å². The lowest BCUT2D eigenvalue weighted by Crippen LogP contribution is -2.34. The van der Waals surface area contributed by atoms with Crippen LogP contribution >= 0.6 is 19.2 Å². The number of aliphatic hydroxyl groups is 2. The molecule has 1 saturated heterocycles. The van der Waals surface area contributed by atoms with Gasteiger partial charge in [0.2, 0.25) is 5.28 Å². The van der Waals surface area contributed by atoms with E-state index in [1.165, 1.54) is 12.8 Å². The number of halogens is 1. The number of anilines is 1. The molecule has 32 heavy (non-hydrogen) atoms. The van der Waals surface area contributed by atoms with Crippen molar-refractivity contribution in [2.45, 2.75) is 63.2 Å². The molecule has 0 aromatic carbocycles. The molecule has 2 aromatic rings. The summed E-state index contributed by atoms with van der Waals surface area (Å²) in [5.41, 5.74) is 0.462. The smallest absolute Gasteiger partial charge is 0.350 e. The van der Waals surface area contributed by atoms with Crippen LogP contribution in [0.3, 0.4) is 0 Å². The lowest BCUT2D eigenvalue weighted by Gasteiger charge is -2.29. The van der Waals surface area contributed by atoms with Crippen LogP contribution in [0.2, 0.25) is 5.28 Å². The first kappa shape index (κ1) is 23.8. The molecule has 0 radical (unpaired) electrons. The normalized spacial score (nSPS) is 26.9. The molecule has 0 spiro atoms. The average Bonchev–Trinajstić information content (AvgIpc) is 3.44. The van der Waals surface area contributed by atoms with Crippen LogP contribution in [0.1, 0.15) is 38.8 Å². The zero-order chi connectivity index (χ0) is 23.0. The molecule has 2 aliphatic rings. The van der Waals surface area contributed by atoms with Crippen molar-refractivity contribution in [1.29, 1.82) is 0 Å². The van der Waals surface area contributed by atoms with E-state index in [0.717, 1.165) is 30.6 Å². The van der Waals surface area contributed by atoms with Crippen molar-refractivity contribution in [2.75, 3.05) is 24.4 Å². The second-order valence-electron chi connectivity index (χ2n) is 8.21. The summed E-state index contributed by atoms with van der Waals surface area (Å²) in [5.74, 6) is 0.725. The third kappa shape index (κ3) is 4.80. The van der Waals surface area contributed by atoms with Crippen LogP contribution in [-0.4, -0.2) is 78.4 Å². The third-order valence-electron chi connectivity index (χ3n) is 6.06. The highest BCUT2D eigenvalue weighted by atomic mass is 35.5.